The highest BCUT2D eigenvalue weighted by Gasteiger charge is 2.23. The van der Waals surface area contributed by atoms with E-state index in [1.165, 1.54) is 30.5 Å². The molecule has 2 unspecified atom stereocenters. The second kappa shape index (κ2) is 5.76. The Balaban J connectivity index is 1.68. The molecule has 3 rings (SSSR count). The summed E-state index contributed by atoms with van der Waals surface area (Å²) in [4.78, 5) is 5.72. The van der Waals surface area contributed by atoms with Crippen molar-refractivity contribution in [3.63, 3.8) is 0 Å². The van der Waals surface area contributed by atoms with E-state index in [1.54, 1.807) is 0 Å². The van der Waals surface area contributed by atoms with Gasteiger partial charge in [-0.05, 0) is 43.6 Å². The Hall–Kier alpha value is -1.03. The van der Waals surface area contributed by atoms with Crippen molar-refractivity contribution in [2.24, 2.45) is 5.92 Å². The number of rotatable bonds is 3. The van der Waals surface area contributed by atoms with Gasteiger partial charge in [0.1, 0.15) is 0 Å². The Labute approximate surface area is 125 Å². The van der Waals surface area contributed by atoms with Crippen LogP contribution in [0.5, 0.6) is 0 Å². The topological polar surface area (TPSA) is 31.1 Å². The van der Waals surface area contributed by atoms with Crippen LogP contribution in [0.25, 0.3) is 10.9 Å². The van der Waals surface area contributed by atoms with Crippen molar-refractivity contribution in [2.45, 2.75) is 25.9 Å². The van der Waals surface area contributed by atoms with Gasteiger partial charge in [0, 0.05) is 41.3 Å². The average Bonchev–Trinajstić information content (AvgIpc) is 2.80. The number of likely N-dealkylation sites (tertiary alicyclic amines) is 1. The molecule has 1 aliphatic heterocycles. The average molecular weight is 292 g/mol. The fourth-order valence-electron chi connectivity index (χ4n) is 3.20. The van der Waals surface area contributed by atoms with E-state index in [1.807, 2.05) is 12.1 Å². The Bertz CT molecular complexity index is 592. The molecule has 2 aromatic rings. The Kier molecular flexibility index (Phi) is 4.01. The first-order chi connectivity index (χ1) is 9.63. The van der Waals surface area contributed by atoms with Gasteiger partial charge in [0.05, 0.1) is 0 Å². The molecule has 108 valence electrons. The minimum atomic E-state index is 0.614. The molecule has 0 amide bonds. The highest BCUT2D eigenvalue weighted by Crippen LogP contribution is 2.23. The molecule has 0 radical (unpaired) electrons. The summed E-state index contributed by atoms with van der Waals surface area (Å²) in [6, 6.07) is 6.66. The smallest absolute Gasteiger partial charge is 0.0472 e. The summed E-state index contributed by atoms with van der Waals surface area (Å²) in [6.07, 6.45) is 3.32. The number of benzene rings is 1. The predicted molar refractivity (Wildman–Crippen MR) is 85.2 cm³/mol. The minimum Gasteiger partial charge on any atom is -0.361 e. The largest absolute Gasteiger partial charge is 0.361 e. The predicted octanol–water partition coefficient (Wildman–Crippen LogP) is 3.25. The monoisotopic (exact) mass is 291 g/mol. The van der Waals surface area contributed by atoms with Crippen LogP contribution >= 0.6 is 11.6 Å². The molecule has 1 aromatic carbocycles. The van der Waals surface area contributed by atoms with E-state index in [4.69, 9.17) is 11.6 Å². The van der Waals surface area contributed by atoms with Gasteiger partial charge in [-0.25, -0.2) is 0 Å². The van der Waals surface area contributed by atoms with Gasteiger partial charge in [0.25, 0.3) is 0 Å². The van der Waals surface area contributed by atoms with Gasteiger partial charge in [0.2, 0.25) is 0 Å². The van der Waals surface area contributed by atoms with Crippen LogP contribution in [0.1, 0.15) is 18.9 Å². The number of aromatic amines is 1. The first kappa shape index (κ1) is 13.9. The van der Waals surface area contributed by atoms with Crippen molar-refractivity contribution in [1.82, 2.24) is 15.2 Å². The zero-order valence-corrected chi connectivity index (χ0v) is 12.9. The van der Waals surface area contributed by atoms with Gasteiger partial charge in [-0.15, -0.1) is 0 Å². The molecule has 0 aliphatic carbocycles. The van der Waals surface area contributed by atoms with E-state index in [2.05, 4.69) is 41.4 Å². The van der Waals surface area contributed by atoms with E-state index in [0.717, 1.165) is 17.1 Å². The first-order valence-electron chi connectivity index (χ1n) is 7.31. The molecule has 0 saturated carbocycles. The maximum atomic E-state index is 6.02. The van der Waals surface area contributed by atoms with E-state index in [-0.39, 0.29) is 0 Å². The third-order valence-corrected chi connectivity index (χ3v) is 4.63. The summed E-state index contributed by atoms with van der Waals surface area (Å²) in [7, 11) is 2.20. The quantitative estimate of drug-likeness (QED) is 0.909. The lowest BCUT2D eigenvalue weighted by Crippen LogP contribution is -2.46. The molecule has 1 saturated heterocycles. The summed E-state index contributed by atoms with van der Waals surface area (Å²) >= 11 is 6.02. The number of halogens is 1. The zero-order chi connectivity index (χ0) is 14.1. The van der Waals surface area contributed by atoms with Crippen molar-refractivity contribution < 1.29 is 0 Å². The van der Waals surface area contributed by atoms with Crippen molar-refractivity contribution in [3.05, 3.63) is 35.0 Å². The molecule has 1 fully saturated rings. The summed E-state index contributed by atoms with van der Waals surface area (Å²) in [5.41, 5.74) is 2.44. The van der Waals surface area contributed by atoms with Crippen LogP contribution in [-0.4, -0.2) is 36.1 Å². The summed E-state index contributed by atoms with van der Waals surface area (Å²) in [5.74, 6) is 0.702. The number of hydrogen-bond donors (Lipinski definition) is 2. The number of piperidine rings is 1. The number of aromatic nitrogens is 1. The normalized spacial score (nSPS) is 24.4. The van der Waals surface area contributed by atoms with Gasteiger partial charge >= 0.3 is 0 Å². The zero-order valence-electron chi connectivity index (χ0n) is 12.1. The van der Waals surface area contributed by atoms with Gasteiger partial charge in [-0.2, -0.15) is 0 Å². The first-order valence-corrected chi connectivity index (χ1v) is 7.68. The lowest BCUT2D eigenvalue weighted by Gasteiger charge is -2.35. The molecule has 3 nitrogen and oxygen atoms in total. The fraction of sp³-hybridized carbons (Fsp3) is 0.500. The lowest BCUT2D eigenvalue weighted by atomic mass is 9.94. The van der Waals surface area contributed by atoms with Crippen LogP contribution in [-0.2, 0) is 6.54 Å². The summed E-state index contributed by atoms with van der Waals surface area (Å²) in [6.45, 7) is 5.62. The SMILES string of the molecule is CC1CN(C)CCC1NCc1c[nH]c2cc(Cl)ccc12. The molecule has 1 aromatic heterocycles. The van der Waals surface area contributed by atoms with Crippen LogP contribution in [0.15, 0.2) is 24.4 Å². The summed E-state index contributed by atoms with van der Waals surface area (Å²) in [5, 5.41) is 5.77. The number of hydrogen-bond acceptors (Lipinski definition) is 2. The van der Waals surface area contributed by atoms with E-state index in [9.17, 15) is 0 Å². The number of fused-ring (bicyclic) bond motifs is 1. The highest BCUT2D eigenvalue weighted by molar-refractivity contribution is 6.31. The van der Waals surface area contributed by atoms with Crippen molar-refractivity contribution >= 4 is 22.5 Å². The highest BCUT2D eigenvalue weighted by atomic mass is 35.5. The second-order valence-electron chi connectivity index (χ2n) is 6.02. The van der Waals surface area contributed by atoms with Crippen LogP contribution in [0, 0.1) is 5.92 Å². The molecular weight excluding hydrogens is 270 g/mol. The van der Waals surface area contributed by atoms with E-state index in [0.29, 0.717) is 12.0 Å². The van der Waals surface area contributed by atoms with Crippen LogP contribution in [0.3, 0.4) is 0 Å². The third kappa shape index (κ3) is 2.85. The maximum absolute atomic E-state index is 6.02. The van der Waals surface area contributed by atoms with Gasteiger partial charge in [-0.1, -0.05) is 24.6 Å². The number of nitrogens with one attached hydrogen (secondary N) is 2. The van der Waals surface area contributed by atoms with Crippen LogP contribution in [0.2, 0.25) is 5.02 Å². The standard InChI is InChI=1S/C16H22ClN3/c1-11-10-20(2)6-5-15(11)18-8-12-9-19-16-7-13(17)3-4-14(12)16/h3-4,7,9,11,15,18-19H,5-6,8,10H2,1-2H3. The molecular formula is C16H22ClN3. The lowest BCUT2D eigenvalue weighted by molar-refractivity contribution is 0.174. The minimum absolute atomic E-state index is 0.614. The van der Waals surface area contributed by atoms with Gasteiger partial charge in [-0.3, -0.25) is 0 Å². The maximum Gasteiger partial charge on any atom is 0.0472 e. The third-order valence-electron chi connectivity index (χ3n) is 4.39. The Morgan fingerprint density at radius 1 is 1.45 bits per heavy atom. The van der Waals surface area contributed by atoms with Crippen LogP contribution < -0.4 is 5.32 Å². The number of H-pyrrole nitrogens is 1. The van der Waals surface area contributed by atoms with Gasteiger partial charge < -0.3 is 15.2 Å². The molecule has 1 aliphatic rings. The van der Waals surface area contributed by atoms with Crippen molar-refractivity contribution in [3.8, 4) is 0 Å². The molecule has 0 spiro atoms. The second-order valence-corrected chi connectivity index (χ2v) is 6.46. The Morgan fingerprint density at radius 3 is 3.10 bits per heavy atom. The van der Waals surface area contributed by atoms with Crippen molar-refractivity contribution in [2.75, 3.05) is 20.1 Å². The van der Waals surface area contributed by atoms with E-state index < -0.39 is 0 Å². The number of nitrogens with zero attached hydrogens (tertiary/aromatic N) is 1. The van der Waals surface area contributed by atoms with E-state index >= 15 is 0 Å². The van der Waals surface area contributed by atoms with Crippen LogP contribution in [0.4, 0.5) is 0 Å². The molecule has 4 heteroatoms. The molecule has 2 heterocycles. The van der Waals surface area contributed by atoms with Crippen molar-refractivity contribution in [1.29, 1.82) is 0 Å². The Morgan fingerprint density at radius 2 is 2.30 bits per heavy atom. The molecule has 0 bridgehead atoms. The molecule has 2 N–H and O–H groups in total. The molecule has 20 heavy (non-hydrogen) atoms. The van der Waals surface area contributed by atoms with Gasteiger partial charge in [0.15, 0.2) is 0 Å². The molecule has 2 atom stereocenters. The summed E-state index contributed by atoms with van der Waals surface area (Å²) < 4.78 is 0. The fourth-order valence-corrected chi connectivity index (χ4v) is 3.38.